The number of benzene rings is 2. The molecule has 0 radical (unpaired) electrons. The lowest BCUT2D eigenvalue weighted by atomic mass is 10.0. The van der Waals surface area contributed by atoms with Crippen LogP contribution in [0.25, 0.3) is 11.4 Å². The number of aromatic nitrogens is 4. The smallest absolute Gasteiger partial charge is 0.244 e. The van der Waals surface area contributed by atoms with Crippen LogP contribution in [0, 0.1) is 11.0 Å². The van der Waals surface area contributed by atoms with Crippen LogP contribution in [0.4, 0.5) is 10.1 Å². The van der Waals surface area contributed by atoms with Crippen LogP contribution in [-0.4, -0.2) is 30.2 Å². The first-order valence-corrected chi connectivity index (χ1v) is 9.74. The van der Waals surface area contributed by atoms with Gasteiger partial charge in [-0.25, -0.2) is 14.6 Å². The second-order valence-corrected chi connectivity index (χ2v) is 7.42. The topological polar surface area (TPSA) is 119 Å². The van der Waals surface area contributed by atoms with Crippen LogP contribution in [0.15, 0.2) is 59.4 Å². The van der Waals surface area contributed by atoms with Crippen LogP contribution in [0.2, 0.25) is 0 Å². The molecule has 158 valence electrons. The van der Waals surface area contributed by atoms with Crippen molar-refractivity contribution in [1.82, 2.24) is 25.0 Å². The molecule has 10 heteroatoms. The zero-order chi connectivity index (χ0) is 21.4. The van der Waals surface area contributed by atoms with Gasteiger partial charge in [-0.3, -0.25) is 4.90 Å². The van der Waals surface area contributed by atoms with E-state index in [1.165, 1.54) is 24.3 Å². The van der Waals surface area contributed by atoms with E-state index >= 15 is 0 Å². The zero-order valence-corrected chi connectivity index (χ0v) is 16.3. The summed E-state index contributed by atoms with van der Waals surface area (Å²) in [5, 5.41) is 23.5. The molecule has 0 fully saturated rings. The molecule has 5 rings (SSSR count). The Morgan fingerprint density at radius 1 is 1.26 bits per heavy atom. The highest BCUT2D eigenvalue weighted by molar-refractivity contribution is 5.58. The maximum Gasteiger partial charge on any atom is 0.244 e. The lowest BCUT2D eigenvalue weighted by Gasteiger charge is -2.32. The van der Waals surface area contributed by atoms with Gasteiger partial charge < -0.3 is 14.7 Å². The van der Waals surface area contributed by atoms with Gasteiger partial charge in [0.05, 0.1) is 23.8 Å². The summed E-state index contributed by atoms with van der Waals surface area (Å²) in [4.78, 5) is 14.3. The summed E-state index contributed by atoms with van der Waals surface area (Å²) in [5.41, 5.74) is 3.64. The SMILES string of the molecule is [O-][NH+](O)c1cccc(-c2noc(C3Cc4nc[nH]c4CN3Cc3ccc(F)cc3)n2)c1. The Morgan fingerprint density at radius 2 is 2.10 bits per heavy atom. The monoisotopic (exact) mass is 422 g/mol. The first-order valence-electron chi connectivity index (χ1n) is 9.74. The first kappa shape index (κ1) is 19.5. The molecule has 0 saturated carbocycles. The maximum atomic E-state index is 13.3. The number of quaternary nitrogens is 1. The molecule has 0 amide bonds. The lowest BCUT2D eigenvalue weighted by molar-refractivity contribution is -0.991. The van der Waals surface area contributed by atoms with Gasteiger partial charge in [-0.1, -0.05) is 29.4 Å². The van der Waals surface area contributed by atoms with E-state index in [-0.39, 0.29) is 17.5 Å². The summed E-state index contributed by atoms with van der Waals surface area (Å²) in [6.07, 6.45) is 2.25. The van der Waals surface area contributed by atoms with Gasteiger partial charge in [0.25, 0.3) is 0 Å². The van der Waals surface area contributed by atoms with Crippen molar-refractivity contribution in [1.29, 1.82) is 0 Å². The van der Waals surface area contributed by atoms with Crippen LogP contribution < -0.4 is 5.23 Å². The highest BCUT2D eigenvalue weighted by Crippen LogP contribution is 2.33. The quantitative estimate of drug-likeness (QED) is 0.422. The molecule has 2 atom stereocenters. The van der Waals surface area contributed by atoms with E-state index in [9.17, 15) is 14.8 Å². The fraction of sp³-hybridized carbons (Fsp3) is 0.190. The van der Waals surface area contributed by atoms with Gasteiger partial charge in [-0.05, 0) is 17.7 Å². The summed E-state index contributed by atoms with van der Waals surface area (Å²) in [6, 6.07) is 12.6. The Kier molecular flexibility index (Phi) is 5.04. The van der Waals surface area contributed by atoms with Gasteiger partial charge in [-0.2, -0.15) is 10.2 Å². The number of nitrogens with one attached hydrogen (secondary N) is 2. The minimum absolute atomic E-state index is 0.153. The average molecular weight is 422 g/mol. The molecule has 1 aliphatic heterocycles. The standard InChI is InChI=1S/C21H19FN6O3/c22-15-6-4-13(5-7-15)10-27-11-18-17(23-12-24-18)9-19(27)21-25-20(26-31-21)14-2-1-3-16(8-14)28(29)30/h1-8,12,19,28-29H,9-11H2,(H,23,24). The summed E-state index contributed by atoms with van der Waals surface area (Å²) >= 11 is 0. The first-order chi connectivity index (χ1) is 15.1. The minimum atomic E-state index is -1.02. The fourth-order valence-corrected chi connectivity index (χ4v) is 3.80. The van der Waals surface area contributed by atoms with Crippen LogP contribution >= 0.6 is 0 Å². The predicted octanol–water partition coefficient (Wildman–Crippen LogP) is 2.30. The molecule has 0 aliphatic carbocycles. The Labute approximate surface area is 176 Å². The molecular formula is C21H19FN6O3. The number of rotatable bonds is 5. The van der Waals surface area contributed by atoms with Crippen LogP contribution in [0.3, 0.4) is 0 Å². The van der Waals surface area contributed by atoms with E-state index in [0.717, 1.165) is 17.0 Å². The molecule has 4 aromatic rings. The van der Waals surface area contributed by atoms with E-state index < -0.39 is 5.23 Å². The normalized spacial score (nSPS) is 17.5. The highest BCUT2D eigenvalue weighted by atomic mass is 19.1. The summed E-state index contributed by atoms with van der Waals surface area (Å²) in [7, 11) is 0. The summed E-state index contributed by atoms with van der Waals surface area (Å²) < 4.78 is 18.9. The number of halogens is 1. The van der Waals surface area contributed by atoms with Crippen LogP contribution in [0.1, 0.15) is 28.9 Å². The average Bonchev–Trinajstić information content (AvgIpc) is 3.44. The molecule has 3 heterocycles. The van der Waals surface area contributed by atoms with E-state index in [1.54, 1.807) is 30.6 Å². The Morgan fingerprint density at radius 3 is 2.90 bits per heavy atom. The Hall–Kier alpha value is -3.44. The number of hydrogen-bond donors (Lipinski definition) is 3. The van der Waals surface area contributed by atoms with Gasteiger partial charge in [-0.15, -0.1) is 0 Å². The Bertz CT molecular complexity index is 1190. The molecule has 9 nitrogen and oxygen atoms in total. The minimum Gasteiger partial charge on any atom is -0.595 e. The van der Waals surface area contributed by atoms with Crippen LogP contribution in [-0.2, 0) is 19.5 Å². The number of imidazole rings is 1. The predicted molar refractivity (Wildman–Crippen MR) is 106 cm³/mol. The maximum absolute atomic E-state index is 13.3. The van der Waals surface area contributed by atoms with Crippen LogP contribution in [0.5, 0.6) is 0 Å². The number of nitrogens with zero attached hydrogens (tertiary/aromatic N) is 4. The highest BCUT2D eigenvalue weighted by Gasteiger charge is 2.33. The van der Waals surface area contributed by atoms with Crippen molar-refractivity contribution < 1.29 is 19.3 Å². The Balaban J connectivity index is 1.45. The van der Waals surface area contributed by atoms with E-state index in [4.69, 9.17) is 4.52 Å². The molecule has 31 heavy (non-hydrogen) atoms. The largest absolute Gasteiger partial charge is 0.595 e. The third-order valence-corrected chi connectivity index (χ3v) is 5.39. The van der Waals surface area contributed by atoms with Crippen molar-refractivity contribution in [2.75, 3.05) is 0 Å². The number of fused-ring (bicyclic) bond motifs is 1. The van der Waals surface area contributed by atoms with E-state index in [0.29, 0.717) is 36.8 Å². The fourth-order valence-electron chi connectivity index (χ4n) is 3.80. The molecule has 3 N–H and O–H groups in total. The van der Waals surface area contributed by atoms with Crippen molar-refractivity contribution in [3.8, 4) is 11.4 Å². The second-order valence-electron chi connectivity index (χ2n) is 7.42. The van der Waals surface area contributed by atoms with Crippen molar-refractivity contribution in [3.05, 3.63) is 88.7 Å². The molecule has 2 aromatic heterocycles. The van der Waals surface area contributed by atoms with Crippen molar-refractivity contribution in [3.63, 3.8) is 0 Å². The third-order valence-electron chi connectivity index (χ3n) is 5.39. The van der Waals surface area contributed by atoms with Gasteiger partial charge in [0.1, 0.15) is 5.82 Å². The molecule has 2 unspecified atom stereocenters. The summed E-state index contributed by atoms with van der Waals surface area (Å²) in [5.74, 6) is 0.471. The van der Waals surface area contributed by atoms with Gasteiger partial charge >= 0.3 is 0 Å². The number of aromatic amines is 1. The third kappa shape index (κ3) is 3.97. The molecule has 2 aromatic carbocycles. The molecular weight excluding hydrogens is 403 g/mol. The second kappa shape index (κ2) is 8.00. The molecule has 0 saturated heterocycles. The van der Waals surface area contributed by atoms with Gasteiger partial charge in [0, 0.05) is 37.2 Å². The number of hydrogen-bond acceptors (Lipinski definition) is 7. The molecule has 1 aliphatic rings. The molecule has 0 bridgehead atoms. The van der Waals surface area contributed by atoms with E-state index in [1.807, 2.05) is 0 Å². The van der Waals surface area contributed by atoms with Gasteiger partial charge in [0.2, 0.25) is 11.7 Å². The molecule has 0 spiro atoms. The number of H-pyrrole nitrogens is 1. The van der Waals surface area contributed by atoms with Crippen molar-refractivity contribution in [2.24, 2.45) is 0 Å². The zero-order valence-electron chi connectivity index (χ0n) is 16.3. The van der Waals surface area contributed by atoms with Crippen molar-refractivity contribution in [2.45, 2.75) is 25.6 Å². The van der Waals surface area contributed by atoms with Crippen molar-refractivity contribution >= 4 is 5.69 Å². The lowest BCUT2D eigenvalue weighted by Crippen LogP contribution is -2.99. The summed E-state index contributed by atoms with van der Waals surface area (Å²) in [6.45, 7) is 1.17. The van der Waals surface area contributed by atoms with Gasteiger partial charge in [0.15, 0.2) is 5.69 Å². The van der Waals surface area contributed by atoms with E-state index in [2.05, 4.69) is 25.0 Å².